The molecule has 6 nitrogen and oxygen atoms in total. The van der Waals surface area contributed by atoms with E-state index in [2.05, 4.69) is 25.6 Å². The van der Waals surface area contributed by atoms with E-state index in [1.807, 2.05) is 0 Å². The molecule has 0 aliphatic heterocycles. The van der Waals surface area contributed by atoms with E-state index in [1.165, 1.54) is 14.0 Å². The van der Waals surface area contributed by atoms with Gasteiger partial charge in [0.1, 0.15) is 5.75 Å². The maximum atomic E-state index is 12.4. The number of halogens is 1. The molecule has 0 spiro atoms. The zero-order valence-corrected chi connectivity index (χ0v) is 14.7. The molecule has 0 amide bonds. The summed E-state index contributed by atoms with van der Waals surface area (Å²) >= 11 is 3.98. The molecule has 2 N–H and O–H groups in total. The van der Waals surface area contributed by atoms with Gasteiger partial charge in [-0.25, -0.2) is 8.42 Å². The molecule has 114 valence electrons. The Hall–Kier alpha value is -1.32. The molecule has 0 aliphatic rings. The van der Waals surface area contributed by atoms with Gasteiger partial charge in [0.15, 0.2) is 4.21 Å². The molecular weight excluding hydrogens is 380 g/mol. The number of thiazole rings is 1. The lowest BCUT2D eigenvalue weighted by atomic mass is 10.2. The third-order valence-electron chi connectivity index (χ3n) is 2.75. The molecule has 2 aromatic rings. The van der Waals surface area contributed by atoms with Crippen LogP contribution in [0.3, 0.4) is 0 Å². The fourth-order valence-electron chi connectivity index (χ4n) is 1.83. The highest BCUT2D eigenvalue weighted by atomic mass is 79.9. The molecule has 0 aliphatic carbocycles. The Morgan fingerprint density at radius 2 is 2.00 bits per heavy atom. The summed E-state index contributed by atoms with van der Waals surface area (Å²) in [4.78, 5) is 13.3. The summed E-state index contributed by atoms with van der Waals surface area (Å²) in [6, 6.07) is 3.43. The van der Waals surface area contributed by atoms with Gasteiger partial charge < -0.3 is 9.72 Å². The number of ether oxygens (including phenoxy) is 1. The summed E-state index contributed by atoms with van der Waals surface area (Å²) in [5.41, 5.74) is 1.36. The quantitative estimate of drug-likeness (QED) is 0.836. The minimum Gasteiger partial charge on any atom is -0.495 e. The van der Waals surface area contributed by atoms with Crippen LogP contribution in [-0.2, 0) is 10.0 Å². The van der Waals surface area contributed by atoms with Crippen LogP contribution < -0.4 is 14.3 Å². The Morgan fingerprint density at radius 1 is 1.33 bits per heavy atom. The zero-order valence-electron chi connectivity index (χ0n) is 11.5. The van der Waals surface area contributed by atoms with Gasteiger partial charge in [-0.2, -0.15) is 0 Å². The second-order valence-electron chi connectivity index (χ2n) is 4.33. The van der Waals surface area contributed by atoms with Gasteiger partial charge >= 0.3 is 4.87 Å². The van der Waals surface area contributed by atoms with E-state index >= 15 is 0 Å². The smallest absolute Gasteiger partial charge is 0.306 e. The molecule has 0 radical (unpaired) electrons. The fourth-order valence-corrected chi connectivity index (χ4v) is 4.83. The molecule has 1 heterocycles. The van der Waals surface area contributed by atoms with Crippen LogP contribution in [0.4, 0.5) is 5.69 Å². The monoisotopic (exact) mass is 392 g/mol. The van der Waals surface area contributed by atoms with Gasteiger partial charge in [0.05, 0.1) is 12.8 Å². The lowest BCUT2D eigenvalue weighted by molar-refractivity contribution is 0.416. The van der Waals surface area contributed by atoms with Crippen LogP contribution in [0.1, 0.15) is 11.3 Å². The van der Waals surface area contributed by atoms with E-state index in [1.54, 1.807) is 19.1 Å². The lowest BCUT2D eigenvalue weighted by Gasteiger charge is -2.14. The van der Waals surface area contributed by atoms with Crippen molar-refractivity contribution < 1.29 is 13.2 Å². The van der Waals surface area contributed by atoms with Crippen LogP contribution in [0.2, 0.25) is 0 Å². The Kier molecular flexibility index (Phi) is 4.45. The van der Waals surface area contributed by atoms with Crippen molar-refractivity contribution in [2.24, 2.45) is 0 Å². The number of rotatable bonds is 4. The Labute approximate surface area is 134 Å². The van der Waals surface area contributed by atoms with E-state index in [9.17, 15) is 13.2 Å². The number of H-pyrrole nitrogens is 1. The van der Waals surface area contributed by atoms with Gasteiger partial charge in [0.2, 0.25) is 0 Å². The molecular formula is C12H13BrN2O4S2. The van der Waals surface area contributed by atoms with Crippen molar-refractivity contribution >= 4 is 43.0 Å². The summed E-state index contributed by atoms with van der Waals surface area (Å²) in [6.07, 6.45) is 0. The van der Waals surface area contributed by atoms with Crippen molar-refractivity contribution in [1.82, 2.24) is 4.98 Å². The van der Waals surface area contributed by atoms with Crippen molar-refractivity contribution in [3.8, 4) is 5.75 Å². The number of sulfonamides is 1. The van der Waals surface area contributed by atoms with Crippen LogP contribution in [0.15, 0.2) is 25.6 Å². The van der Waals surface area contributed by atoms with Crippen LogP contribution in [0, 0.1) is 13.8 Å². The van der Waals surface area contributed by atoms with Crippen LogP contribution in [0.5, 0.6) is 5.75 Å². The molecule has 1 aromatic carbocycles. The molecule has 21 heavy (non-hydrogen) atoms. The van der Waals surface area contributed by atoms with Gasteiger partial charge in [-0.05, 0) is 31.5 Å². The highest BCUT2D eigenvalue weighted by Crippen LogP contribution is 2.34. The lowest BCUT2D eigenvalue weighted by Crippen LogP contribution is -2.14. The number of hydrogen-bond donors (Lipinski definition) is 2. The van der Waals surface area contributed by atoms with E-state index in [4.69, 9.17) is 4.74 Å². The average Bonchev–Trinajstić information content (AvgIpc) is 2.72. The first-order valence-electron chi connectivity index (χ1n) is 5.81. The minimum absolute atomic E-state index is 0.0307. The molecule has 0 unspecified atom stereocenters. The Morgan fingerprint density at radius 3 is 2.52 bits per heavy atom. The molecule has 9 heteroatoms. The summed E-state index contributed by atoms with van der Waals surface area (Å²) in [6.45, 7) is 3.30. The zero-order chi connectivity index (χ0) is 15.8. The first-order valence-corrected chi connectivity index (χ1v) is 8.90. The molecule has 0 atom stereocenters. The van der Waals surface area contributed by atoms with Gasteiger partial charge in [-0.15, -0.1) is 0 Å². The maximum absolute atomic E-state index is 12.4. The van der Waals surface area contributed by atoms with E-state index in [-0.39, 0.29) is 4.21 Å². The normalized spacial score (nSPS) is 11.4. The average molecular weight is 393 g/mol. The SMILES string of the molecule is COc1cc(Br)cc(C)c1NS(=O)(=O)c1sc(=O)[nH]c1C. The molecule has 0 saturated heterocycles. The van der Waals surface area contributed by atoms with Crippen LogP contribution in [-0.4, -0.2) is 20.5 Å². The first-order chi connectivity index (χ1) is 9.74. The summed E-state index contributed by atoms with van der Waals surface area (Å²) in [7, 11) is -2.39. The van der Waals surface area contributed by atoms with Gasteiger partial charge in [-0.3, -0.25) is 9.52 Å². The third kappa shape index (κ3) is 3.30. The van der Waals surface area contributed by atoms with Crippen LogP contribution in [0.25, 0.3) is 0 Å². The van der Waals surface area contributed by atoms with Crippen molar-refractivity contribution in [3.05, 3.63) is 37.5 Å². The van der Waals surface area contributed by atoms with Crippen molar-refractivity contribution in [3.63, 3.8) is 0 Å². The molecule has 1 aromatic heterocycles. The second-order valence-corrected chi connectivity index (χ2v) is 8.11. The summed E-state index contributed by atoms with van der Waals surface area (Å²) < 4.78 is 33.3. The predicted octanol–water partition coefficient (Wildman–Crippen LogP) is 2.63. The molecule has 0 fully saturated rings. The highest BCUT2D eigenvalue weighted by molar-refractivity contribution is 9.10. The number of anilines is 1. The standard InChI is InChI=1S/C12H13BrN2O4S2/c1-6-4-8(13)5-9(19-3)10(6)15-21(17,18)11-7(2)14-12(16)20-11/h4-5,15H,1-3H3,(H,14,16). The van der Waals surface area contributed by atoms with Gasteiger partial charge in [0, 0.05) is 10.2 Å². The van der Waals surface area contributed by atoms with E-state index in [0.29, 0.717) is 34.0 Å². The van der Waals surface area contributed by atoms with E-state index < -0.39 is 14.9 Å². The van der Waals surface area contributed by atoms with Crippen molar-refractivity contribution in [2.45, 2.75) is 18.1 Å². The molecule has 0 bridgehead atoms. The number of aryl methyl sites for hydroxylation is 2. The number of nitrogens with one attached hydrogen (secondary N) is 2. The van der Waals surface area contributed by atoms with E-state index in [0.717, 1.165) is 4.47 Å². The summed E-state index contributed by atoms with van der Waals surface area (Å²) in [5.74, 6) is 0.394. The largest absolute Gasteiger partial charge is 0.495 e. The number of benzene rings is 1. The number of aromatic nitrogens is 1. The van der Waals surface area contributed by atoms with Crippen molar-refractivity contribution in [2.75, 3.05) is 11.8 Å². The maximum Gasteiger partial charge on any atom is 0.306 e. The number of aromatic amines is 1. The molecule has 0 saturated carbocycles. The third-order valence-corrected chi connectivity index (χ3v) is 6.16. The first kappa shape index (κ1) is 16.1. The van der Waals surface area contributed by atoms with Gasteiger partial charge in [0.25, 0.3) is 10.0 Å². The Balaban J connectivity index is 2.51. The second kappa shape index (κ2) is 5.82. The fraction of sp³-hybridized carbons (Fsp3) is 0.250. The van der Waals surface area contributed by atoms with Crippen molar-refractivity contribution in [1.29, 1.82) is 0 Å². The highest BCUT2D eigenvalue weighted by Gasteiger charge is 2.23. The number of methoxy groups -OCH3 is 1. The summed E-state index contributed by atoms with van der Waals surface area (Å²) in [5, 5.41) is 0. The Bertz CT molecular complexity index is 839. The predicted molar refractivity (Wildman–Crippen MR) is 85.9 cm³/mol. The minimum atomic E-state index is -3.85. The van der Waals surface area contributed by atoms with Crippen LogP contribution >= 0.6 is 27.3 Å². The van der Waals surface area contributed by atoms with Gasteiger partial charge in [-0.1, -0.05) is 27.3 Å². The number of hydrogen-bond acceptors (Lipinski definition) is 5. The molecule has 2 rings (SSSR count). The topological polar surface area (TPSA) is 88.3 Å².